The van der Waals surface area contributed by atoms with Gasteiger partial charge in [-0.05, 0) is 30.3 Å². The second kappa shape index (κ2) is 6.86. The lowest BCUT2D eigenvalue weighted by Gasteiger charge is -2.05. The molecule has 5 aromatic rings. The van der Waals surface area contributed by atoms with Gasteiger partial charge in [0.25, 0.3) is 5.82 Å². The van der Waals surface area contributed by atoms with E-state index in [0.29, 0.717) is 18.0 Å². The lowest BCUT2D eigenvalue weighted by Crippen LogP contribution is -2.76. The number of quaternary nitrogens is 1. The van der Waals surface area contributed by atoms with Gasteiger partial charge in [-0.25, -0.2) is 4.98 Å². The molecule has 0 spiro atoms. The van der Waals surface area contributed by atoms with Crippen molar-refractivity contribution in [3.8, 4) is 22.9 Å². The molecule has 0 aliphatic carbocycles. The number of nitrogens with zero attached hydrogens (tertiary/aromatic N) is 2. The molecule has 3 aromatic carbocycles. The number of benzene rings is 3. The summed E-state index contributed by atoms with van der Waals surface area (Å²) in [6.07, 6.45) is 0. The Hall–Kier alpha value is -3.90. The average Bonchev–Trinajstić information content (AvgIpc) is 3.42. The Morgan fingerprint density at radius 3 is 2.60 bits per heavy atom. The van der Waals surface area contributed by atoms with E-state index >= 15 is 0 Å². The van der Waals surface area contributed by atoms with Gasteiger partial charge in [0, 0.05) is 16.5 Å². The summed E-state index contributed by atoms with van der Waals surface area (Å²) in [7, 11) is 0. The molecule has 0 bridgehead atoms. The van der Waals surface area contributed by atoms with Gasteiger partial charge in [0.2, 0.25) is 12.4 Å². The standard InChI is InChI=1S/C24H17N3O3/c1-2-6-16(7-3-1)23-26-21-17-8-4-5-9-18(17)30-22(21)24(27-23)25-13-15-10-11-19-20(12-15)29-14-28-19/h1-12H,13-14H2,(H,25,26,27)/p+1. The summed E-state index contributed by atoms with van der Waals surface area (Å²) in [6, 6.07) is 24.0. The Morgan fingerprint density at radius 2 is 1.67 bits per heavy atom. The van der Waals surface area contributed by atoms with Crippen molar-refractivity contribution in [2.45, 2.75) is 6.54 Å². The van der Waals surface area contributed by atoms with E-state index in [-0.39, 0.29) is 6.79 Å². The summed E-state index contributed by atoms with van der Waals surface area (Å²) < 4.78 is 17.0. The largest absolute Gasteiger partial charge is 0.454 e. The average molecular weight is 396 g/mol. The fourth-order valence-electron chi connectivity index (χ4n) is 3.75. The minimum absolute atomic E-state index is 0.272. The van der Waals surface area contributed by atoms with Gasteiger partial charge in [0.1, 0.15) is 17.6 Å². The van der Waals surface area contributed by atoms with Gasteiger partial charge >= 0.3 is 0 Å². The highest BCUT2D eigenvalue weighted by atomic mass is 16.7. The van der Waals surface area contributed by atoms with Gasteiger partial charge in [-0.2, -0.15) is 4.98 Å². The summed E-state index contributed by atoms with van der Waals surface area (Å²) in [5, 5.41) is 3.07. The molecule has 0 radical (unpaired) electrons. The maximum absolute atomic E-state index is 6.14. The molecule has 0 saturated carbocycles. The molecular formula is C24H18N3O3+. The number of rotatable bonds is 4. The van der Waals surface area contributed by atoms with Crippen LogP contribution < -0.4 is 14.8 Å². The van der Waals surface area contributed by atoms with Crippen LogP contribution in [0.5, 0.6) is 11.5 Å². The summed E-state index contributed by atoms with van der Waals surface area (Å²) in [5.41, 5.74) is 4.43. The number of ether oxygens (including phenoxy) is 2. The molecule has 0 amide bonds. The zero-order valence-electron chi connectivity index (χ0n) is 16.0. The molecule has 0 fully saturated rings. The summed E-state index contributed by atoms with van der Waals surface area (Å²) in [5.74, 6) is 3.04. The molecule has 6 heteroatoms. The van der Waals surface area contributed by atoms with E-state index in [0.717, 1.165) is 44.9 Å². The molecule has 0 saturated heterocycles. The van der Waals surface area contributed by atoms with Crippen LogP contribution in [0.3, 0.4) is 0 Å². The number of nitrogens with two attached hydrogens (primary N) is 1. The topological polar surface area (TPSA) is 74.0 Å². The second-order valence-electron chi connectivity index (χ2n) is 7.17. The van der Waals surface area contributed by atoms with E-state index in [4.69, 9.17) is 23.9 Å². The molecule has 2 aromatic heterocycles. The molecule has 146 valence electrons. The van der Waals surface area contributed by atoms with Crippen LogP contribution in [-0.4, -0.2) is 16.8 Å². The molecule has 1 aliphatic heterocycles. The first kappa shape index (κ1) is 17.0. The van der Waals surface area contributed by atoms with Crippen LogP contribution in [0.4, 0.5) is 5.82 Å². The maximum atomic E-state index is 6.14. The Balaban J connectivity index is 1.44. The highest BCUT2D eigenvalue weighted by Gasteiger charge is 2.20. The molecule has 30 heavy (non-hydrogen) atoms. The molecule has 6 nitrogen and oxygen atoms in total. The predicted octanol–water partition coefficient (Wildman–Crippen LogP) is 4.17. The highest BCUT2D eigenvalue weighted by molar-refractivity contribution is 6.05. The van der Waals surface area contributed by atoms with Crippen LogP contribution in [0.15, 0.2) is 77.2 Å². The van der Waals surface area contributed by atoms with Crippen molar-refractivity contribution in [2.24, 2.45) is 0 Å². The van der Waals surface area contributed by atoms with Crippen molar-refractivity contribution in [1.82, 2.24) is 9.97 Å². The summed E-state index contributed by atoms with van der Waals surface area (Å²) >= 11 is 0. The third-order valence-electron chi connectivity index (χ3n) is 5.25. The van der Waals surface area contributed by atoms with E-state index in [9.17, 15) is 0 Å². The number of aromatic nitrogens is 2. The molecule has 1 aliphatic rings. The van der Waals surface area contributed by atoms with Gasteiger partial charge in [-0.3, -0.25) is 5.32 Å². The first-order valence-electron chi connectivity index (χ1n) is 9.81. The van der Waals surface area contributed by atoms with Gasteiger partial charge in [0.05, 0.1) is 0 Å². The minimum atomic E-state index is 0.272. The normalized spacial score (nSPS) is 12.7. The Kier molecular flexibility index (Phi) is 3.89. The number of hydrogen-bond acceptors (Lipinski definition) is 5. The third kappa shape index (κ3) is 2.86. The van der Waals surface area contributed by atoms with Crippen LogP contribution in [0.1, 0.15) is 5.56 Å². The maximum Gasteiger partial charge on any atom is 0.272 e. The monoisotopic (exact) mass is 396 g/mol. The van der Waals surface area contributed by atoms with E-state index < -0.39 is 0 Å². The zero-order valence-corrected chi connectivity index (χ0v) is 16.0. The molecule has 0 unspecified atom stereocenters. The lowest BCUT2D eigenvalue weighted by atomic mass is 10.2. The van der Waals surface area contributed by atoms with Crippen LogP contribution in [0.2, 0.25) is 0 Å². The molecular weight excluding hydrogens is 378 g/mol. The Bertz CT molecular complexity index is 1380. The van der Waals surface area contributed by atoms with Crippen LogP contribution in [0, 0.1) is 0 Å². The molecule has 2 N–H and O–H groups in total. The van der Waals surface area contributed by atoms with Crippen LogP contribution in [-0.2, 0) is 6.54 Å². The van der Waals surface area contributed by atoms with Crippen molar-refractivity contribution >= 4 is 27.9 Å². The lowest BCUT2D eigenvalue weighted by molar-refractivity contribution is -0.591. The molecule has 6 rings (SSSR count). The van der Waals surface area contributed by atoms with E-state index in [2.05, 4.69) is 5.32 Å². The fraction of sp³-hybridized carbons (Fsp3) is 0.0833. The number of fused-ring (bicyclic) bond motifs is 4. The van der Waals surface area contributed by atoms with Gasteiger partial charge < -0.3 is 13.9 Å². The van der Waals surface area contributed by atoms with Crippen molar-refractivity contribution < 1.29 is 19.2 Å². The summed E-state index contributed by atoms with van der Waals surface area (Å²) in [6.45, 7) is 0.961. The number of furan rings is 1. The number of para-hydroxylation sites is 1. The van der Waals surface area contributed by atoms with E-state index in [1.54, 1.807) is 0 Å². The van der Waals surface area contributed by atoms with Gasteiger partial charge in [-0.15, -0.1) is 0 Å². The van der Waals surface area contributed by atoms with Crippen LogP contribution >= 0.6 is 0 Å². The number of hydrogen-bond donors (Lipinski definition) is 1. The quantitative estimate of drug-likeness (QED) is 0.494. The zero-order chi connectivity index (χ0) is 19.9. The molecule has 0 atom stereocenters. The summed E-state index contributed by atoms with van der Waals surface area (Å²) in [4.78, 5) is 9.67. The van der Waals surface area contributed by atoms with Gasteiger partial charge in [0.15, 0.2) is 17.3 Å². The first-order chi connectivity index (χ1) is 14.8. The fourth-order valence-corrected chi connectivity index (χ4v) is 3.75. The van der Waals surface area contributed by atoms with E-state index in [1.165, 1.54) is 0 Å². The first-order valence-corrected chi connectivity index (χ1v) is 9.81. The Labute approximate surface area is 172 Å². The SMILES string of the molecule is c1ccc(-c2nc([NH2+]Cc3ccc4c(c3)OCO4)c3oc4ccccc4c3n2)cc1. The van der Waals surface area contributed by atoms with Crippen molar-refractivity contribution in [3.05, 3.63) is 78.4 Å². The van der Waals surface area contributed by atoms with Crippen molar-refractivity contribution in [2.75, 3.05) is 6.79 Å². The Morgan fingerprint density at radius 1 is 0.833 bits per heavy atom. The van der Waals surface area contributed by atoms with Crippen molar-refractivity contribution in [3.63, 3.8) is 0 Å². The minimum Gasteiger partial charge on any atom is -0.454 e. The molecule has 3 heterocycles. The van der Waals surface area contributed by atoms with Gasteiger partial charge in [-0.1, -0.05) is 42.5 Å². The van der Waals surface area contributed by atoms with Crippen LogP contribution in [0.25, 0.3) is 33.5 Å². The predicted molar refractivity (Wildman–Crippen MR) is 113 cm³/mol. The third-order valence-corrected chi connectivity index (χ3v) is 5.25. The van der Waals surface area contributed by atoms with Crippen molar-refractivity contribution in [1.29, 1.82) is 0 Å². The smallest absolute Gasteiger partial charge is 0.272 e. The van der Waals surface area contributed by atoms with E-state index in [1.807, 2.05) is 72.8 Å². The second-order valence-corrected chi connectivity index (χ2v) is 7.17. The highest BCUT2D eigenvalue weighted by Crippen LogP contribution is 2.33.